The monoisotopic (exact) mass is 370 g/mol. The molecule has 0 saturated carbocycles. The Labute approximate surface area is 148 Å². The van der Waals surface area contributed by atoms with E-state index in [-0.39, 0.29) is 22.9 Å². The number of nitrogens with zero attached hydrogens (tertiary/aromatic N) is 2. The van der Waals surface area contributed by atoms with Gasteiger partial charge in [-0.25, -0.2) is 17.8 Å². The second-order valence-corrected chi connectivity index (χ2v) is 8.82. The molecule has 1 heterocycles. The number of hydrogen-bond acceptors (Lipinski definition) is 4. The van der Waals surface area contributed by atoms with Crippen molar-refractivity contribution in [2.45, 2.75) is 38.6 Å². The molecule has 8 heteroatoms. The summed E-state index contributed by atoms with van der Waals surface area (Å²) in [7, 11) is -3.74. The van der Waals surface area contributed by atoms with Gasteiger partial charge in [-0.05, 0) is 24.5 Å². The van der Waals surface area contributed by atoms with Crippen LogP contribution in [-0.4, -0.2) is 30.8 Å². The van der Waals surface area contributed by atoms with E-state index in [0.717, 1.165) is 0 Å². The summed E-state index contributed by atoms with van der Waals surface area (Å²) in [5.74, 6) is 0. The summed E-state index contributed by atoms with van der Waals surface area (Å²) >= 11 is 6.18. The first-order valence-electron chi connectivity index (χ1n) is 7.60. The van der Waals surface area contributed by atoms with Crippen molar-refractivity contribution in [1.29, 1.82) is 0 Å². The predicted octanol–water partition coefficient (Wildman–Crippen LogP) is 2.49. The van der Waals surface area contributed by atoms with Crippen molar-refractivity contribution >= 4 is 21.6 Å². The molecular formula is C16H23ClN4O2S. The number of benzene rings is 1. The summed E-state index contributed by atoms with van der Waals surface area (Å²) < 4.78 is 29.7. The molecule has 0 aliphatic rings. The van der Waals surface area contributed by atoms with Crippen molar-refractivity contribution in [3.05, 3.63) is 41.2 Å². The molecule has 3 N–H and O–H groups in total. The molecule has 0 fully saturated rings. The zero-order valence-electron chi connectivity index (χ0n) is 14.2. The van der Waals surface area contributed by atoms with E-state index < -0.39 is 10.0 Å². The molecule has 0 aliphatic heterocycles. The maximum Gasteiger partial charge on any atom is 0.244 e. The summed E-state index contributed by atoms with van der Waals surface area (Å²) in [6, 6.07) is 6.75. The molecular weight excluding hydrogens is 348 g/mol. The molecule has 0 aliphatic carbocycles. The van der Waals surface area contributed by atoms with E-state index in [0.29, 0.717) is 16.4 Å². The van der Waals surface area contributed by atoms with E-state index in [1.807, 2.05) is 26.8 Å². The third kappa shape index (κ3) is 3.80. The molecule has 1 unspecified atom stereocenters. The molecule has 24 heavy (non-hydrogen) atoms. The molecule has 0 amide bonds. The van der Waals surface area contributed by atoms with Crippen molar-refractivity contribution < 1.29 is 8.42 Å². The molecule has 0 spiro atoms. The Hall–Kier alpha value is -1.41. The number of nitrogens with one attached hydrogen (secondary N) is 1. The summed E-state index contributed by atoms with van der Waals surface area (Å²) in [6.07, 6.45) is 1.33. The number of para-hydroxylation sites is 1. The van der Waals surface area contributed by atoms with Crippen LogP contribution in [0.1, 0.15) is 26.5 Å². The van der Waals surface area contributed by atoms with Crippen molar-refractivity contribution in [3.8, 4) is 5.69 Å². The summed E-state index contributed by atoms with van der Waals surface area (Å²) in [5, 5.41) is 4.69. The summed E-state index contributed by atoms with van der Waals surface area (Å²) in [5.41, 5.74) is 6.55. The smallest absolute Gasteiger partial charge is 0.244 e. The fourth-order valence-electron chi connectivity index (χ4n) is 2.35. The first-order chi connectivity index (χ1) is 11.1. The minimum atomic E-state index is -3.74. The van der Waals surface area contributed by atoms with E-state index in [1.54, 1.807) is 25.1 Å². The molecule has 2 rings (SSSR count). The molecule has 132 valence electrons. The van der Waals surface area contributed by atoms with Crippen molar-refractivity contribution in [2.75, 3.05) is 6.54 Å². The molecule has 0 saturated heterocycles. The van der Waals surface area contributed by atoms with E-state index >= 15 is 0 Å². The third-order valence-electron chi connectivity index (χ3n) is 3.91. The zero-order valence-corrected chi connectivity index (χ0v) is 15.8. The largest absolute Gasteiger partial charge is 0.329 e. The topological polar surface area (TPSA) is 90.0 Å². The molecule has 1 aromatic carbocycles. The highest BCUT2D eigenvalue weighted by Gasteiger charge is 2.30. The van der Waals surface area contributed by atoms with Gasteiger partial charge in [0.05, 0.1) is 22.6 Å². The minimum absolute atomic E-state index is 0.116. The maximum atomic E-state index is 12.7. The van der Waals surface area contributed by atoms with E-state index in [9.17, 15) is 8.42 Å². The van der Waals surface area contributed by atoms with Crippen LogP contribution in [0.3, 0.4) is 0 Å². The van der Waals surface area contributed by atoms with Crippen LogP contribution < -0.4 is 10.5 Å². The van der Waals surface area contributed by atoms with Crippen LogP contribution in [0.2, 0.25) is 5.02 Å². The SMILES string of the molecule is Cc1c(S(=O)(=O)NC(CN)C(C)(C)C)cnn1-c1ccccc1Cl. The zero-order chi connectivity index (χ0) is 18.1. The van der Waals surface area contributed by atoms with Crippen molar-refractivity contribution in [1.82, 2.24) is 14.5 Å². The second-order valence-electron chi connectivity index (χ2n) is 6.73. The number of nitrogens with two attached hydrogens (primary N) is 1. The molecule has 1 atom stereocenters. The first-order valence-corrected chi connectivity index (χ1v) is 9.46. The highest BCUT2D eigenvalue weighted by Crippen LogP contribution is 2.25. The fraction of sp³-hybridized carbons (Fsp3) is 0.438. The lowest BCUT2D eigenvalue weighted by atomic mass is 9.88. The fourth-order valence-corrected chi connectivity index (χ4v) is 4.18. The van der Waals surface area contributed by atoms with Gasteiger partial charge >= 0.3 is 0 Å². The second kappa shape index (κ2) is 6.84. The number of rotatable bonds is 5. The van der Waals surface area contributed by atoms with Crippen molar-refractivity contribution in [2.24, 2.45) is 11.1 Å². The Balaban J connectivity index is 2.42. The Morgan fingerprint density at radius 1 is 1.33 bits per heavy atom. The van der Waals surface area contributed by atoms with Crippen LogP contribution in [0.15, 0.2) is 35.4 Å². The van der Waals surface area contributed by atoms with Gasteiger partial charge in [-0.15, -0.1) is 0 Å². The first kappa shape index (κ1) is 18.9. The minimum Gasteiger partial charge on any atom is -0.329 e. The average molecular weight is 371 g/mol. The normalized spacial score (nSPS) is 13.9. The van der Waals surface area contributed by atoms with Gasteiger partial charge in [-0.3, -0.25) is 0 Å². The standard InChI is InChI=1S/C16H23ClN4O2S/c1-11-14(24(22,23)20-15(9-18)16(2,3)4)10-19-21(11)13-8-6-5-7-12(13)17/h5-8,10,15,20H,9,18H2,1-4H3. The molecule has 1 aromatic heterocycles. The van der Waals surface area contributed by atoms with Gasteiger partial charge in [-0.1, -0.05) is 44.5 Å². The van der Waals surface area contributed by atoms with Gasteiger partial charge < -0.3 is 5.73 Å². The lowest BCUT2D eigenvalue weighted by Gasteiger charge is -2.30. The van der Waals surface area contributed by atoms with Gasteiger partial charge in [0, 0.05) is 12.6 Å². The summed E-state index contributed by atoms with van der Waals surface area (Å²) in [6.45, 7) is 7.72. The Kier molecular flexibility index (Phi) is 5.39. The van der Waals surface area contributed by atoms with Gasteiger partial charge in [0.15, 0.2) is 0 Å². The van der Waals surface area contributed by atoms with Crippen molar-refractivity contribution in [3.63, 3.8) is 0 Å². The molecule has 2 aromatic rings. The van der Waals surface area contributed by atoms with Crippen LogP contribution in [0.4, 0.5) is 0 Å². The highest BCUT2D eigenvalue weighted by atomic mass is 35.5. The van der Waals surface area contributed by atoms with Crippen LogP contribution in [0.5, 0.6) is 0 Å². The number of sulfonamides is 1. The van der Waals surface area contributed by atoms with Crippen LogP contribution in [-0.2, 0) is 10.0 Å². The van der Waals surface area contributed by atoms with Crippen LogP contribution in [0.25, 0.3) is 5.69 Å². The summed E-state index contributed by atoms with van der Waals surface area (Å²) in [4.78, 5) is 0.116. The Morgan fingerprint density at radius 3 is 2.50 bits per heavy atom. The average Bonchev–Trinajstić information content (AvgIpc) is 2.86. The maximum absolute atomic E-state index is 12.7. The quantitative estimate of drug-likeness (QED) is 0.846. The predicted molar refractivity (Wildman–Crippen MR) is 95.9 cm³/mol. The lowest BCUT2D eigenvalue weighted by molar-refractivity contribution is 0.304. The number of hydrogen-bond donors (Lipinski definition) is 2. The van der Waals surface area contributed by atoms with Gasteiger partial charge in [-0.2, -0.15) is 5.10 Å². The Morgan fingerprint density at radius 2 is 1.96 bits per heavy atom. The van der Waals surface area contributed by atoms with E-state index in [4.69, 9.17) is 17.3 Å². The van der Waals surface area contributed by atoms with Crippen LogP contribution >= 0.6 is 11.6 Å². The van der Waals surface area contributed by atoms with E-state index in [1.165, 1.54) is 10.9 Å². The highest BCUT2D eigenvalue weighted by molar-refractivity contribution is 7.89. The molecule has 6 nitrogen and oxygen atoms in total. The van der Waals surface area contributed by atoms with Gasteiger partial charge in [0.25, 0.3) is 0 Å². The third-order valence-corrected chi connectivity index (χ3v) is 5.81. The van der Waals surface area contributed by atoms with Gasteiger partial charge in [0.1, 0.15) is 4.90 Å². The number of halogens is 1. The number of aromatic nitrogens is 2. The van der Waals surface area contributed by atoms with Gasteiger partial charge in [0.2, 0.25) is 10.0 Å². The Bertz CT molecular complexity index is 825. The lowest BCUT2D eigenvalue weighted by Crippen LogP contribution is -2.48. The van der Waals surface area contributed by atoms with E-state index in [2.05, 4.69) is 9.82 Å². The molecule has 0 radical (unpaired) electrons. The molecule has 0 bridgehead atoms. The van der Waals surface area contributed by atoms with Crippen LogP contribution in [0, 0.1) is 12.3 Å².